The number of nitrogens with one attached hydrogen (secondary N) is 8. The molecule has 8 amide bonds. The first-order valence-corrected chi connectivity index (χ1v) is 30.5. The van der Waals surface area contributed by atoms with E-state index in [0.717, 1.165) is 22.0 Å². The first-order chi connectivity index (χ1) is 42.5. The molecular weight excluding hydrogens is 1150 g/mol. The number of primary amides is 1. The highest BCUT2D eigenvalue weighted by Crippen LogP contribution is 2.30. The third-order valence-electron chi connectivity index (χ3n) is 15.2. The highest BCUT2D eigenvalue weighted by atomic mass is 32.1. The predicted octanol–water partition coefficient (Wildman–Crippen LogP) is 3.86. The number of pyridine rings is 1. The Morgan fingerprint density at radius 3 is 1.43 bits per heavy atom. The Kier molecular flexibility index (Phi) is 25.3. The summed E-state index contributed by atoms with van der Waals surface area (Å²) >= 11 is 8.83. The quantitative estimate of drug-likeness (QED) is 0.0212. The molecule has 88 heavy (non-hydrogen) atoms. The van der Waals surface area contributed by atoms with Crippen molar-refractivity contribution in [1.82, 2.24) is 47.2 Å². The normalized spacial score (nSPS) is 14.1. The number of nitrogens with two attached hydrogens (primary N) is 3. The van der Waals surface area contributed by atoms with Crippen LogP contribution < -0.4 is 54.4 Å². The van der Waals surface area contributed by atoms with Crippen molar-refractivity contribution in [2.24, 2.45) is 23.1 Å². The molecule has 0 saturated heterocycles. The van der Waals surface area contributed by atoms with Gasteiger partial charge in [-0.2, -0.15) is 25.3 Å². The Hall–Kier alpha value is -8.83. The van der Waals surface area contributed by atoms with Crippen molar-refractivity contribution >= 4 is 83.4 Å². The second-order valence-corrected chi connectivity index (χ2v) is 22.6. The fourth-order valence-electron chi connectivity index (χ4n) is 10.5. The Morgan fingerprint density at radius 1 is 0.489 bits per heavy atom. The van der Waals surface area contributed by atoms with Gasteiger partial charge in [-0.15, -0.1) is 0 Å². The topological polar surface area (TPSA) is 328 Å². The number of aromatic amines is 1. The van der Waals surface area contributed by atoms with Crippen LogP contribution in [0.4, 0.5) is 0 Å². The summed E-state index contributed by atoms with van der Waals surface area (Å²) in [5.74, 6) is -8.25. The number of benzene rings is 5. The van der Waals surface area contributed by atoms with Gasteiger partial charge in [0.25, 0.3) is 0 Å². The van der Waals surface area contributed by atoms with E-state index < -0.39 is 113 Å². The van der Waals surface area contributed by atoms with Crippen LogP contribution in [0.15, 0.2) is 176 Å². The number of carbonyl (C=O) groups is 8. The van der Waals surface area contributed by atoms with Crippen LogP contribution in [0.25, 0.3) is 10.9 Å². The minimum atomic E-state index is -1.39. The first-order valence-electron chi connectivity index (χ1n) is 29.2. The van der Waals surface area contributed by atoms with Crippen molar-refractivity contribution in [3.8, 4) is 0 Å². The second-order valence-electron chi connectivity index (χ2n) is 21.8. The number of para-hydroxylation sites is 1. The van der Waals surface area contributed by atoms with Crippen LogP contribution in [0.1, 0.15) is 78.3 Å². The van der Waals surface area contributed by atoms with Crippen molar-refractivity contribution in [3.63, 3.8) is 0 Å². The summed E-state index contributed by atoms with van der Waals surface area (Å²) in [6, 6.07) is 37.2. The van der Waals surface area contributed by atoms with E-state index in [1.54, 1.807) is 62.6 Å². The minimum Gasteiger partial charge on any atom is -0.368 e. The molecule has 14 N–H and O–H groups in total. The molecule has 0 saturated carbocycles. The third kappa shape index (κ3) is 18.4. The third-order valence-corrected chi connectivity index (χ3v) is 15.9. The molecule has 22 heteroatoms. The molecule has 7 rings (SSSR count). The molecular formula is C66H78N12O8S2. The standard InChI is InChI=1S/C66H78N12O8S2/c1-40(2)57(66(86)76-53(39-88)64(84)78-58(59(69)79)55(44-25-11-5-12-26-44)45-27-13-6-14-28-45)77-60(80)49(31-17-18-32-67)72-62(82)51(35-46-37-71-48-30-16-15-29-47(46)48)74-61(81)50(34-41-20-19-33-70-36-41)73-63(83)52(38-87)75-65(85)56(68)54(42-21-7-3-8-22-42)43-23-9-4-10-24-43/h3-16,19-30,33,36-37,40,49-58,71,87-88H,17-18,31-32,34-35,38-39,67-68H2,1-2H3,(H2,69,79)(H,72,82)(H,73,83)(H,74,81)(H,75,85)(H,76,86)(H,77,80)(H,78,84)/t49-,50-,51+,52+,53-,56-,57-,58-/m0/s1. The number of aromatic nitrogens is 2. The number of hydrogen-bond donors (Lipinski definition) is 13. The fourth-order valence-corrected chi connectivity index (χ4v) is 11.0. The van der Waals surface area contributed by atoms with Gasteiger partial charge in [0.2, 0.25) is 47.3 Å². The molecule has 0 aliphatic rings. The lowest BCUT2D eigenvalue weighted by Gasteiger charge is -2.30. The zero-order valence-corrected chi connectivity index (χ0v) is 50.9. The fraction of sp³-hybridized carbons (Fsp3) is 0.318. The van der Waals surface area contributed by atoms with Gasteiger partial charge in [-0.25, -0.2) is 0 Å². The number of carbonyl (C=O) groups excluding carboxylic acids is 8. The van der Waals surface area contributed by atoms with Crippen LogP contribution >= 0.6 is 25.3 Å². The van der Waals surface area contributed by atoms with E-state index in [1.807, 2.05) is 121 Å². The Morgan fingerprint density at radius 2 is 0.932 bits per heavy atom. The molecule has 0 aliphatic heterocycles. The van der Waals surface area contributed by atoms with Crippen molar-refractivity contribution in [3.05, 3.63) is 210 Å². The Labute approximate surface area is 523 Å². The molecule has 8 atom stereocenters. The number of nitrogens with zero attached hydrogens (tertiary/aromatic N) is 1. The molecule has 0 radical (unpaired) electrons. The number of fused-ring (bicyclic) bond motifs is 1. The maximum absolute atomic E-state index is 15.0. The minimum absolute atomic E-state index is 0.0623. The van der Waals surface area contributed by atoms with Crippen LogP contribution in [0, 0.1) is 5.92 Å². The van der Waals surface area contributed by atoms with Gasteiger partial charge >= 0.3 is 0 Å². The van der Waals surface area contributed by atoms with Gasteiger partial charge in [-0.1, -0.05) is 159 Å². The molecule has 2 aromatic heterocycles. The second kappa shape index (κ2) is 33.3. The van der Waals surface area contributed by atoms with E-state index in [1.165, 1.54) is 6.20 Å². The lowest BCUT2D eigenvalue weighted by molar-refractivity contribution is -0.136. The summed E-state index contributed by atoms with van der Waals surface area (Å²) < 4.78 is 0. The lowest BCUT2D eigenvalue weighted by atomic mass is 9.84. The van der Waals surface area contributed by atoms with Crippen LogP contribution in [0.3, 0.4) is 0 Å². The van der Waals surface area contributed by atoms with Crippen LogP contribution in [0.2, 0.25) is 0 Å². The largest absolute Gasteiger partial charge is 0.368 e. The van der Waals surface area contributed by atoms with Crippen LogP contribution in [-0.2, 0) is 51.2 Å². The van der Waals surface area contributed by atoms with Crippen LogP contribution in [-0.4, -0.2) is 124 Å². The number of amides is 8. The summed E-state index contributed by atoms with van der Waals surface area (Å²) in [6.45, 7) is 3.66. The molecule has 0 unspecified atom stereocenters. The highest BCUT2D eigenvalue weighted by Gasteiger charge is 2.38. The van der Waals surface area contributed by atoms with Gasteiger partial charge < -0.3 is 59.4 Å². The summed E-state index contributed by atoms with van der Waals surface area (Å²) in [4.78, 5) is 122. The van der Waals surface area contributed by atoms with Crippen molar-refractivity contribution in [1.29, 1.82) is 0 Å². The zero-order chi connectivity index (χ0) is 63.1. The van der Waals surface area contributed by atoms with Gasteiger partial charge in [-0.05, 0) is 77.2 Å². The number of H-pyrrole nitrogens is 1. The average molecular weight is 1230 g/mol. The SMILES string of the molecule is CC(C)[C@H](NC(=O)[C@H](CCCCN)NC(=O)[C@@H](Cc1c[nH]c2ccccc12)NC(=O)[C@H](Cc1cccnc1)NC(=O)[C@@H](CS)NC(=O)[C@@H](N)C(c1ccccc1)c1ccccc1)C(=O)N[C@@H](CS)C(=O)N[C@H](C(N)=O)C(c1ccccc1)c1ccccc1. The smallest absolute Gasteiger partial charge is 0.244 e. The first kappa shape index (κ1) is 66.7. The molecule has 20 nitrogen and oxygen atoms in total. The van der Waals surface area contributed by atoms with Crippen molar-refractivity contribution in [2.75, 3.05) is 18.1 Å². The summed E-state index contributed by atoms with van der Waals surface area (Å²) in [5, 5.41) is 20.3. The van der Waals surface area contributed by atoms with Gasteiger partial charge in [0.1, 0.15) is 42.3 Å². The molecule has 0 aliphatic carbocycles. The molecule has 2 heterocycles. The van der Waals surface area contributed by atoms with Crippen molar-refractivity contribution < 1.29 is 38.4 Å². The van der Waals surface area contributed by atoms with Gasteiger partial charge in [0.05, 0.1) is 6.04 Å². The Balaban J connectivity index is 1.10. The zero-order valence-electron chi connectivity index (χ0n) is 49.1. The van der Waals surface area contributed by atoms with Gasteiger partial charge in [0, 0.05) is 65.7 Å². The van der Waals surface area contributed by atoms with Gasteiger partial charge in [-0.3, -0.25) is 43.3 Å². The number of rotatable bonds is 32. The van der Waals surface area contributed by atoms with Gasteiger partial charge in [0.15, 0.2) is 0 Å². The van der Waals surface area contributed by atoms with Crippen molar-refractivity contribution in [2.45, 2.75) is 106 Å². The van der Waals surface area contributed by atoms with E-state index in [0.29, 0.717) is 35.1 Å². The Bertz CT molecular complexity index is 3340. The monoisotopic (exact) mass is 1230 g/mol. The molecule has 0 fully saturated rings. The summed E-state index contributed by atoms with van der Waals surface area (Å²) in [5.41, 5.74) is 23.5. The summed E-state index contributed by atoms with van der Waals surface area (Å²) in [6.07, 6.45) is 5.51. The van der Waals surface area contributed by atoms with E-state index in [4.69, 9.17) is 17.2 Å². The maximum atomic E-state index is 15.0. The van der Waals surface area contributed by atoms with E-state index in [2.05, 4.69) is 72.4 Å². The lowest BCUT2D eigenvalue weighted by Crippen LogP contribution is -2.61. The summed E-state index contributed by atoms with van der Waals surface area (Å²) in [7, 11) is 0. The molecule has 7 aromatic rings. The molecule has 5 aromatic carbocycles. The highest BCUT2D eigenvalue weighted by molar-refractivity contribution is 7.80. The predicted molar refractivity (Wildman–Crippen MR) is 346 cm³/mol. The number of thiol groups is 2. The molecule has 0 bridgehead atoms. The van der Waals surface area contributed by atoms with E-state index in [-0.39, 0.29) is 37.3 Å². The maximum Gasteiger partial charge on any atom is 0.244 e. The number of unbranched alkanes of at least 4 members (excludes halogenated alkanes) is 1. The van der Waals surface area contributed by atoms with E-state index >= 15 is 0 Å². The van der Waals surface area contributed by atoms with Crippen LogP contribution in [0.5, 0.6) is 0 Å². The average Bonchev–Trinajstić information content (AvgIpc) is 4.11. The molecule has 0 spiro atoms. The van der Waals surface area contributed by atoms with E-state index in [9.17, 15) is 38.4 Å². The number of hydrogen-bond acceptors (Lipinski definition) is 13. The molecule has 462 valence electrons.